The third-order valence-electron chi connectivity index (χ3n) is 5.84. The molecule has 1 amide bonds. The number of hydrogen-bond acceptors (Lipinski definition) is 4. The van der Waals surface area contributed by atoms with Gasteiger partial charge in [-0.15, -0.1) is 4.91 Å². The Kier molecular flexibility index (Phi) is 6.44. The fourth-order valence-corrected chi connectivity index (χ4v) is 4.76. The molecule has 0 fully saturated rings. The Labute approximate surface area is 195 Å². The number of nitroso groups, excluding NO2 is 1. The van der Waals surface area contributed by atoms with E-state index in [-0.39, 0.29) is 16.1 Å². The SMILES string of the molecule is Cc1cccc2c1N(Cc1c(Cl)cc(Cl)c(=O)n1CCc1ccc(C(=O)N=O)cc1)CC2. The maximum absolute atomic E-state index is 12.9. The number of anilines is 1. The molecule has 8 heteroatoms. The summed E-state index contributed by atoms with van der Waals surface area (Å²) < 4.78 is 1.63. The van der Waals surface area contributed by atoms with Gasteiger partial charge in [-0.25, -0.2) is 0 Å². The van der Waals surface area contributed by atoms with Crippen LogP contribution in [0.2, 0.25) is 10.0 Å². The highest BCUT2D eigenvalue weighted by molar-refractivity contribution is 6.34. The number of hydrogen-bond donors (Lipinski definition) is 0. The van der Waals surface area contributed by atoms with E-state index >= 15 is 0 Å². The van der Waals surface area contributed by atoms with E-state index in [1.807, 2.05) is 0 Å². The molecule has 1 aliphatic rings. The first kappa shape index (κ1) is 22.2. The summed E-state index contributed by atoms with van der Waals surface area (Å²) in [4.78, 5) is 36.9. The lowest BCUT2D eigenvalue weighted by Crippen LogP contribution is -2.30. The van der Waals surface area contributed by atoms with E-state index in [0.717, 1.165) is 18.5 Å². The smallest absolute Gasteiger partial charge is 0.316 e. The summed E-state index contributed by atoms with van der Waals surface area (Å²) in [7, 11) is 0. The minimum atomic E-state index is -0.808. The van der Waals surface area contributed by atoms with E-state index in [0.29, 0.717) is 30.2 Å². The van der Waals surface area contributed by atoms with Crippen LogP contribution < -0.4 is 10.5 Å². The number of para-hydroxylation sites is 1. The molecule has 0 saturated heterocycles. The van der Waals surface area contributed by atoms with Crippen molar-refractivity contribution in [1.29, 1.82) is 0 Å². The number of amides is 1. The number of carbonyl (C=O) groups excluding carboxylic acids is 1. The largest absolute Gasteiger partial charge is 0.365 e. The number of benzene rings is 2. The second-order valence-electron chi connectivity index (χ2n) is 7.84. The lowest BCUT2D eigenvalue weighted by Gasteiger charge is -2.24. The van der Waals surface area contributed by atoms with Gasteiger partial charge in [0.15, 0.2) is 0 Å². The van der Waals surface area contributed by atoms with Crippen LogP contribution in [0.5, 0.6) is 0 Å². The number of rotatable bonds is 6. The molecule has 164 valence electrons. The van der Waals surface area contributed by atoms with E-state index in [4.69, 9.17) is 23.2 Å². The zero-order valence-electron chi connectivity index (χ0n) is 17.5. The van der Waals surface area contributed by atoms with Crippen molar-refractivity contribution in [2.45, 2.75) is 32.9 Å². The Morgan fingerprint density at radius 3 is 2.56 bits per heavy atom. The molecule has 0 unspecified atom stereocenters. The molecule has 0 N–H and O–H groups in total. The Morgan fingerprint density at radius 1 is 1.09 bits per heavy atom. The van der Waals surface area contributed by atoms with Crippen LogP contribution in [0.15, 0.2) is 58.5 Å². The molecule has 0 aliphatic carbocycles. The van der Waals surface area contributed by atoms with Crippen molar-refractivity contribution in [2.75, 3.05) is 11.4 Å². The van der Waals surface area contributed by atoms with Gasteiger partial charge in [0.25, 0.3) is 5.56 Å². The number of halogens is 2. The zero-order valence-corrected chi connectivity index (χ0v) is 19.0. The van der Waals surface area contributed by atoms with Gasteiger partial charge in [-0.05, 0) is 54.7 Å². The number of aryl methyl sites for hydroxylation is 2. The van der Waals surface area contributed by atoms with Gasteiger partial charge in [0, 0.05) is 29.5 Å². The van der Waals surface area contributed by atoms with Crippen molar-refractivity contribution in [2.24, 2.45) is 5.18 Å². The molecule has 0 bridgehead atoms. The fraction of sp³-hybridized carbons (Fsp3) is 0.250. The number of carbonyl (C=O) groups is 1. The van der Waals surface area contributed by atoms with Gasteiger partial charge < -0.3 is 9.47 Å². The highest BCUT2D eigenvalue weighted by Gasteiger charge is 2.23. The van der Waals surface area contributed by atoms with Crippen LogP contribution in [0.1, 0.15) is 32.7 Å². The average Bonchev–Trinajstić information content (AvgIpc) is 3.21. The van der Waals surface area contributed by atoms with Crippen molar-refractivity contribution in [3.8, 4) is 0 Å². The number of aromatic nitrogens is 1. The Bertz CT molecular complexity index is 1250. The molecular formula is C24H21Cl2N3O3. The summed E-state index contributed by atoms with van der Waals surface area (Å²) in [6.45, 7) is 3.82. The van der Waals surface area contributed by atoms with E-state index in [9.17, 15) is 14.5 Å². The molecule has 3 aromatic rings. The number of pyridine rings is 1. The highest BCUT2D eigenvalue weighted by Crippen LogP contribution is 2.33. The predicted octanol–water partition coefficient (Wildman–Crippen LogP) is 5.18. The molecule has 2 aromatic carbocycles. The molecule has 1 aliphatic heterocycles. The molecular weight excluding hydrogens is 449 g/mol. The molecule has 1 aromatic heterocycles. The summed E-state index contributed by atoms with van der Waals surface area (Å²) in [5.41, 5.74) is 5.25. The van der Waals surface area contributed by atoms with Crippen LogP contribution in [-0.2, 0) is 25.9 Å². The maximum atomic E-state index is 12.9. The Hall–Kier alpha value is -2.96. The lowest BCUT2D eigenvalue weighted by atomic mass is 10.1. The van der Waals surface area contributed by atoms with Gasteiger partial charge in [0.2, 0.25) is 0 Å². The molecule has 0 radical (unpaired) electrons. The zero-order chi connectivity index (χ0) is 22.8. The normalized spacial score (nSPS) is 12.7. The van der Waals surface area contributed by atoms with Gasteiger partial charge in [-0.2, -0.15) is 0 Å². The van der Waals surface area contributed by atoms with Gasteiger partial charge in [0.1, 0.15) is 5.02 Å². The Balaban J connectivity index is 1.61. The van der Waals surface area contributed by atoms with Crippen LogP contribution in [-0.4, -0.2) is 17.0 Å². The molecule has 6 nitrogen and oxygen atoms in total. The lowest BCUT2D eigenvalue weighted by molar-refractivity contribution is 0.100. The van der Waals surface area contributed by atoms with Gasteiger partial charge in [-0.3, -0.25) is 9.59 Å². The van der Waals surface area contributed by atoms with Crippen molar-refractivity contribution < 1.29 is 4.79 Å². The third kappa shape index (κ3) is 4.33. The standard InChI is InChI=1S/C24H21Cl2N3O3/c1-15-3-2-4-17-10-11-28(22(15)17)14-21-19(25)13-20(26)24(31)29(21)12-9-16-5-7-18(8-6-16)23(30)27-32/h2-8,13H,9-12,14H2,1H3. The predicted molar refractivity (Wildman–Crippen MR) is 127 cm³/mol. The molecule has 4 rings (SSSR count). The van der Waals surface area contributed by atoms with Crippen molar-refractivity contribution in [3.05, 3.63) is 102 Å². The van der Waals surface area contributed by atoms with Crippen LogP contribution >= 0.6 is 23.2 Å². The molecule has 0 spiro atoms. The van der Waals surface area contributed by atoms with Crippen LogP contribution in [0.4, 0.5) is 5.69 Å². The van der Waals surface area contributed by atoms with Crippen LogP contribution in [0.3, 0.4) is 0 Å². The average molecular weight is 470 g/mol. The Morgan fingerprint density at radius 2 is 1.84 bits per heavy atom. The number of fused-ring (bicyclic) bond motifs is 1. The molecule has 32 heavy (non-hydrogen) atoms. The highest BCUT2D eigenvalue weighted by atomic mass is 35.5. The second kappa shape index (κ2) is 9.27. The molecule has 0 saturated carbocycles. The van der Waals surface area contributed by atoms with E-state index < -0.39 is 5.91 Å². The topological polar surface area (TPSA) is 71.7 Å². The second-order valence-corrected chi connectivity index (χ2v) is 8.66. The van der Waals surface area contributed by atoms with Crippen LogP contribution in [0, 0.1) is 11.8 Å². The quantitative estimate of drug-likeness (QED) is 0.466. The summed E-state index contributed by atoms with van der Waals surface area (Å²) in [5, 5.41) is 2.96. The molecule has 2 heterocycles. The monoisotopic (exact) mass is 469 g/mol. The minimum Gasteiger partial charge on any atom is -0.365 e. The minimum absolute atomic E-state index is 0.0785. The first-order chi connectivity index (χ1) is 15.4. The first-order valence-corrected chi connectivity index (χ1v) is 11.0. The summed E-state index contributed by atoms with van der Waals surface area (Å²) in [6, 6.07) is 14.4. The van der Waals surface area contributed by atoms with Gasteiger partial charge >= 0.3 is 5.91 Å². The fourth-order valence-electron chi connectivity index (χ4n) is 4.22. The van der Waals surface area contributed by atoms with Gasteiger partial charge in [0.05, 0.1) is 17.3 Å². The third-order valence-corrected chi connectivity index (χ3v) is 6.44. The maximum Gasteiger partial charge on any atom is 0.316 e. The van der Waals surface area contributed by atoms with Crippen molar-refractivity contribution in [3.63, 3.8) is 0 Å². The molecule has 0 atom stereocenters. The summed E-state index contributed by atoms with van der Waals surface area (Å²) >= 11 is 12.7. The van der Waals surface area contributed by atoms with Crippen molar-refractivity contribution >= 4 is 34.8 Å². The summed E-state index contributed by atoms with van der Waals surface area (Å²) in [6.07, 6.45) is 1.48. The summed E-state index contributed by atoms with van der Waals surface area (Å²) in [5.74, 6) is -0.808. The van der Waals surface area contributed by atoms with Crippen LogP contribution in [0.25, 0.3) is 0 Å². The van der Waals surface area contributed by atoms with Gasteiger partial charge in [-0.1, -0.05) is 53.5 Å². The number of nitrogens with zero attached hydrogens (tertiary/aromatic N) is 3. The van der Waals surface area contributed by atoms with E-state index in [2.05, 4.69) is 35.2 Å². The van der Waals surface area contributed by atoms with E-state index in [1.165, 1.54) is 22.9 Å². The van der Waals surface area contributed by atoms with Crippen molar-refractivity contribution in [1.82, 2.24) is 4.57 Å². The van der Waals surface area contributed by atoms with E-state index in [1.54, 1.807) is 28.8 Å². The first-order valence-electron chi connectivity index (χ1n) is 10.3.